The van der Waals surface area contributed by atoms with Gasteiger partial charge in [0, 0.05) is 13.1 Å². The molecule has 0 aromatic carbocycles. The van der Waals surface area contributed by atoms with Crippen molar-refractivity contribution in [1.82, 2.24) is 10.2 Å². The molecule has 0 spiro atoms. The van der Waals surface area contributed by atoms with Gasteiger partial charge in [0.1, 0.15) is 0 Å². The molecule has 1 rings (SSSR count). The van der Waals surface area contributed by atoms with E-state index < -0.39 is 12.6 Å². The van der Waals surface area contributed by atoms with Crippen LogP contribution in [0.15, 0.2) is 0 Å². The van der Waals surface area contributed by atoms with Crippen molar-refractivity contribution in [3.05, 3.63) is 0 Å². The van der Waals surface area contributed by atoms with Crippen molar-refractivity contribution in [2.24, 2.45) is 0 Å². The molecule has 1 aliphatic rings. The maximum Gasteiger partial charge on any atom is 0.166 e. The van der Waals surface area contributed by atoms with E-state index in [0.29, 0.717) is 6.54 Å². The lowest BCUT2D eigenvalue weighted by molar-refractivity contribution is 0.0119. The van der Waals surface area contributed by atoms with Crippen molar-refractivity contribution in [1.29, 1.82) is 0 Å². The van der Waals surface area contributed by atoms with E-state index in [2.05, 4.69) is 5.32 Å². The Morgan fingerprint density at radius 2 is 2.30 bits per heavy atom. The molecule has 10 heavy (non-hydrogen) atoms. The molecule has 0 bridgehead atoms. The number of nitrogens with one attached hydrogen (secondary N) is 1. The van der Waals surface area contributed by atoms with E-state index in [9.17, 15) is 8.78 Å². The van der Waals surface area contributed by atoms with Crippen LogP contribution in [0.4, 0.5) is 8.78 Å². The molecular formula is C6H12F2N2. The van der Waals surface area contributed by atoms with Crippen LogP contribution in [0.5, 0.6) is 0 Å². The van der Waals surface area contributed by atoms with Gasteiger partial charge in [0.25, 0.3) is 0 Å². The largest absolute Gasteiger partial charge is 0.282 e. The highest BCUT2D eigenvalue weighted by molar-refractivity contribution is 4.73. The highest BCUT2D eigenvalue weighted by Gasteiger charge is 2.25. The first-order valence-electron chi connectivity index (χ1n) is 3.49. The summed E-state index contributed by atoms with van der Waals surface area (Å²) in [6.07, 6.45) is -2.08. The lowest BCUT2D eigenvalue weighted by Crippen LogP contribution is -2.52. The lowest BCUT2D eigenvalue weighted by Gasteiger charge is -2.31. The predicted molar refractivity (Wildman–Crippen MR) is 35.0 cm³/mol. The first-order chi connectivity index (χ1) is 4.74. The summed E-state index contributed by atoms with van der Waals surface area (Å²) in [5.74, 6) is 0. The van der Waals surface area contributed by atoms with Crippen molar-refractivity contribution in [3.8, 4) is 0 Å². The third-order valence-corrected chi connectivity index (χ3v) is 1.70. The molecule has 60 valence electrons. The SMILES string of the molecule is CCN1CC(F)NCC1F. The van der Waals surface area contributed by atoms with Gasteiger partial charge in [0.15, 0.2) is 12.6 Å². The molecule has 4 heteroatoms. The minimum absolute atomic E-state index is 0.106. The van der Waals surface area contributed by atoms with Gasteiger partial charge in [-0.3, -0.25) is 10.2 Å². The Labute approximate surface area is 59.2 Å². The molecule has 0 radical (unpaired) electrons. The Kier molecular flexibility index (Phi) is 2.56. The van der Waals surface area contributed by atoms with Crippen LogP contribution in [0.25, 0.3) is 0 Å². The fourth-order valence-electron chi connectivity index (χ4n) is 1.07. The van der Waals surface area contributed by atoms with Gasteiger partial charge < -0.3 is 0 Å². The molecule has 1 aliphatic heterocycles. The minimum Gasteiger partial charge on any atom is -0.282 e. The highest BCUT2D eigenvalue weighted by Crippen LogP contribution is 2.07. The van der Waals surface area contributed by atoms with Crippen LogP contribution < -0.4 is 5.32 Å². The number of hydrogen-bond donors (Lipinski definition) is 1. The second-order valence-electron chi connectivity index (χ2n) is 2.40. The normalized spacial score (nSPS) is 36.3. The molecule has 0 amide bonds. The van der Waals surface area contributed by atoms with Crippen LogP contribution in [0, 0.1) is 0 Å². The van der Waals surface area contributed by atoms with E-state index in [1.807, 2.05) is 6.92 Å². The summed E-state index contributed by atoms with van der Waals surface area (Å²) in [6, 6.07) is 0. The average molecular weight is 150 g/mol. The molecule has 0 saturated carbocycles. The van der Waals surface area contributed by atoms with Gasteiger partial charge in [-0.1, -0.05) is 6.92 Å². The second-order valence-corrected chi connectivity index (χ2v) is 2.40. The molecule has 1 heterocycles. The van der Waals surface area contributed by atoms with E-state index in [1.165, 1.54) is 4.90 Å². The zero-order chi connectivity index (χ0) is 7.56. The molecule has 2 nitrogen and oxygen atoms in total. The topological polar surface area (TPSA) is 15.3 Å². The molecule has 1 saturated heterocycles. The lowest BCUT2D eigenvalue weighted by atomic mass is 10.3. The number of nitrogens with zero attached hydrogens (tertiary/aromatic N) is 1. The summed E-state index contributed by atoms with van der Waals surface area (Å²) >= 11 is 0. The average Bonchev–Trinajstić information content (AvgIpc) is 1.94. The van der Waals surface area contributed by atoms with Gasteiger partial charge >= 0.3 is 0 Å². The quantitative estimate of drug-likeness (QED) is 0.548. The van der Waals surface area contributed by atoms with Gasteiger partial charge in [-0.15, -0.1) is 0 Å². The van der Waals surface area contributed by atoms with Gasteiger partial charge in [-0.05, 0) is 6.54 Å². The van der Waals surface area contributed by atoms with Crippen molar-refractivity contribution >= 4 is 0 Å². The van der Waals surface area contributed by atoms with E-state index >= 15 is 0 Å². The third-order valence-electron chi connectivity index (χ3n) is 1.70. The highest BCUT2D eigenvalue weighted by atomic mass is 19.1. The van der Waals surface area contributed by atoms with Crippen molar-refractivity contribution < 1.29 is 8.78 Å². The third kappa shape index (κ3) is 1.64. The number of halogens is 2. The summed E-state index contributed by atoms with van der Waals surface area (Å²) in [5.41, 5.74) is 0. The van der Waals surface area contributed by atoms with Crippen LogP contribution in [-0.4, -0.2) is 37.1 Å². The van der Waals surface area contributed by atoms with Gasteiger partial charge in [-0.25, -0.2) is 8.78 Å². The van der Waals surface area contributed by atoms with E-state index in [1.54, 1.807) is 0 Å². The van der Waals surface area contributed by atoms with Gasteiger partial charge in [-0.2, -0.15) is 0 Å². The van der Waals surface area contributed by atoms with Crippen LogP contribution in [0.1, 0.15) is 6.92 Å². The Balaban J connectivity index is 2.38. The Bertz CT molecular complexity index is 110. The summed E-state index contributed by atoms with van der Waals surface area (Å²) in [4.78, 5) is 1.47. The van der Waals surface area contributed by atoms with Gasteiger partial charge in [0.2, 0.25) is 0 Å². The molecule has 0 aromatic rings. The first-order valence-corrected chi connectivity index (χ1v) is 3.49. The van der Waals surface area contributed by atoms with Crippen molar-refractivity contribution in [3.63, 3.8) is 0 Å². The van der Waals surface area contributed by atoms with Crippen LogP contribution in [0.2, 0.25) is 0 Å². The van der Waals surface area contributed by atoms with Crippen molar-refractivity contribution in [2.45, 2.75) is 19.5 Å². The summed E-state index contributed by atoms with van der Waals surface area (Å²) < 4.78 is 25.2. The number of alkyl halides is 2. The smallest absolute Gasteiger partial charge is 0.166 e. The number of hydrogen-bond acceptors (Lipinski definition) is 2. The molecule has 2 atom stereocenters. The second kappa shape index (κ2) is 3.25. The Morgan fingerprint density at radius 1 is 1.60 bits per heavy atom. The van der Waals surface area contributed by atoms with E-state index in [4.69, 9.17) is 0 Å². The monoisotopic (exact) mass is 150 g/mol. The zero-order valence-electron chi connectivity index (χ0n) is 5.98. The molecule has 0 aliphatic carbocycles. The predicted octanol–water partition coefficient (Wildman–Crippen LogP) is 0.503. The van der Waals surface area contributed by atoms with Crippen molar-refractivity contribution in [2.75, 3.05) is 19.6 Å². The molecule has 1 N–H and O–H groups in total. The fourth-order valence-corrected chi connectivity index (χ4v) is 1.07. The maximum absolute atomic E-state index is 12.7. The van der Waals surface area contributed by atoms with Gasteiger partial charge in [0.05, 0.1) is 0 Å². The van der Waals surface area contributed by atoms with Crippen LogP contribution in [0.3, 0.4) is 0 Å². The maximum atomic E-state index is 12.7. The first kappa shape index (κ1) is 7.88. The Morgan fingerprint density at radius 3 is 2.80 bits per heavy atom. The Hall–Kier alpha value is -0.220. The minimum atomic E-state index is -1.06. The zero-order valence-corrected chi connectivity index (χ0v) is 5.98. The van der Waals surface area contributed by atoms with Crippen LogP contribution in [-0.2, 0) is 0 Å². The molecule has 1 fully saturated rings. The van der Waals surface area contributed by atoms with E-state index in [-0.39, 0.29) is 13.1 Å². The van der Waals surface area contributed by atoms with Crippen LogP contribution >= 0.6 is 0 Å². The summed E-state index contributed by atoms with van der Waals surface area (Å²) in [6.45, 7) is 2.67. The summed E-state index contributed by atoms with van der Waals surface area (Å²) in [7, 11) is 0. The summed E-state index contributed by atoms with van der Waals surface area (Å²) in [5, 5.41) is 2.41. The molecule has 2 unspecified atom stereocenters. The molecular weight excluding hydrogens is 138 g/mol. The fraction of sp³-hybridized carbons (Fsp3) is 1.00. The van der Waals surface area contributed by atoms with E-state index in [0.717, 1.165) is 0 Å². The number of likely N-dealkylation sites (N-methyl/N-ethyl adjacent to an activating group) is 1. The number of rotatable bonds is 1. The number of piperazine rings is 1. The standard InChI is InChI=1S/C6H12F2N2/c1-2-10-4-5(7)9-3-6(10)8/h5-6,9H,2-4H2,1H3. The molecule has 0 aromatic heterocycles.